The van der Waals surface area contributed by atoms with Crippen LogP contribution in [-0.2, 0) is 27.9 Å². The summed E-state index contributed by atoms with van der Waals surface area (Å²) in [5, 5.41) is 3.03. The van der Waals surface area contributed by atoms with Crippen LogP contribution in [0.3, 0.4) is 0 Å². The van der Waals surface area contributed by atoms with Gasteiger partial charge in [-0.25, -0.2) is 4.57 Å². The lowest BCUT2D eigenvalue weighted by Gasteiger charge is -2.27. The standard InChI is InChI=1S/C63H111N2O7P/c1-7-10-13-16-19-22-25-27-29-30-31-32-33-34-36-37-40-43-46-49-52-55-62(66)64-60(59-71-73(68,69)70-58-57-65(4,5)6)61(54-51-48-45-42-39-24-21-18-15-12-9-3)72-63(67)56-53-50-47-44-41-38-35-28-26-23-20-17-14-11-8-2/h11,14,17,19-20,22-23,26-27,29,31-32,34,36,51,54,60-61H,7-10,12-13,15-16,18,21,24-25,28,30,33,35,37-50,52-53,55-59H2,1-6H3,(H-,64,66,68,69)/p+1/b14-11+,20-17+,22-19-,26-23+,29-27-,32-31-,36-34-,54-51-. The highest BCUT2D eigenvalue weighted by Gasteiger charge is 2.30. The highest BCUT2D eigenvalue weighted by atomic mass is 31.2. The molecule has 0 aliphatic carbocycles. The van der Waals surface area contributed by atoms with Crippen molar-refractivity contribution in [2.24, 2.45) is 0 Å². The van der Waals surface area contributed by atoms with Crippen LogP contribution in [0.1, 0.15) is 239 Å². The van der Waals surface area contributed by atoms with E-state index < -0.39 is 20.0 Å². The molecule has 0 aliphatic rings. The number of amides is 1. The quantitative estimate of drug-likeness (QED) is 0.0156. The third-order valence-electron chi connectivity index (χ3n) is 12.6. The molecule has 0 rings (SSSR count). The summed E-state index contributed by atoms with van der Waals surface area (Å²) in [6.45, 7) is 6.81. The molecule has 420 valence electrons. The Kier molecular flexibility index (Phi) is 50.2. The van der Waals surface area contributed by atoms with E-state index in [4.69, 9.17) is 13.8 Å². The summed E-state index contributed by atoms with van der Waals surface area (Å²) in [7, 11) is 1.46. The highest BCUT2D eigenvalue weighted by molar-refractivity contribution is 7.47. The average Bonchev–Trinajstić information content (AvgIpc) is 3.35. The number of nitrogens with zero attached hydrogens (tertiary/aromatic N) is 1. The van der Waals surface area contributed by atoms with E-state index >= 15 is 0 Å². The van der Waals surface area contributed by atoms with Crippen LogP contribution in [0.25, 0.3) is 0 Å². The van der Waals surface area contributed by atoms with Gasteiger partial charge in [-0.15, -0.1) is 0 Å². The molecule has 0 heterocycles. The summed E-state index contributed by atoms with van der Waals surface area (Å²) in [4.78, 5) is 37.6. The monoisotopic (exact) mass is 1040 g/mol. The van der Waals surface area contributed by atoms with Crippen molar-refractivity contribution < 1.29 is 37.3 Å². The topological polar surface area (TPSA) is 111 Å². The summed E-state index contributed by atoms with van der Waals surface area (Å²) in [6.07, 6.45) is 69.7. The van der Waals surface area contributed by atoms with Gasteiger partial charge >= 0.3 is 13.8 Å². The molecule has 0 bridgehead atoms. The number of hydrogen-bond donors (Lipinski definition) is 2. The van der Waals surface area contributed by atoms with Crippen molar-refractivity contribution in [2.45, 2.75) is 251 Å². The Bertz CT molecular complexity index is 1570. The zero-order valence-corrected chi connectivity index (χ0v) is 48.7. The molecule has 73 heavy (non-hydrogen) atoms. The smallest absolute Gasteiger partial charge is 0.456 e. The lowest BCUT2D eigenvalue weighted by atomic mass is 10.1. The number of phosphoric ester groups is 1. The number of rotatable bonds is 52. The van der Waals surface area contributed by atoms with Crippen molar-refractivity contribution >= 4 is 19.7 Å². The molecule has 0 aromatic rings. The van der Waals surface area contributed by atoms with Gasteiger partial charge in [-0.3, -0.25) is 18.6 Å². The number of allylic oxidation sites excluding steroid dienone is 15. The maximum atomic E-state index is 13.5. The van der Waals surface area contributed by atoms with Crippen LogP contribution in [0.5, 0.6) is 0 Å². The van der Waals surface area contributed by atoms with Gasteiger partial charge in [0.05, 0.1) is 33.8 Å². The van der Waals surface area contributed by atoms with Crippen molar-refractivity contribution in [1.82, 2.24) is 5.32 Å². The Morgan fingerprint density at radius 1 is 0.507 bits per heavy atom. The molecule has 2 N–H and O–H groups in total. The van der Waals surface area contributed by atoms with E-state index in [-0.39, 0.29) is 31.5 Å². The van der Waals surface area contributed by atoms with E-state index in [1.54, 1.807) is 0 Å². The third-order valence-corrected chi connectivity index (χ3v) is 13.6. The molecule has 0 aromatic carbocycles. The van der Waals surface area contributed by atoms with E-state index in [9.17, 15) is 19.0 Å². The van der Waals surface area contributed by atoms with E-state index in [1.807, 2.05) is 33.3 Å². The Balaban J connectivity index is 5.31. The number of hydrogen-bond acceptors (Lipinski definition) is 6. The van der Waals surface area contributed by atoms with Gasteiger partial charge in [0.2, 0.25) is 5.91 Å². The SMILES string of the molecule is CC/C=C/C=C/C=C/CCCCCCCCCC(=O)OC(/C=C\CCCCCCCCCCC)C(COP(=O)(O)OCC[N+](C)(C)C)NC(=O)CCCCCCC/C=C\C/C=C\C/C=C\C/C=C\CCCCC. The molecule has 0 radical (unpaired) electrons. The second kappa shape index (κ2) is 52.4. The van der Waals surface area contributed by atoms with Crippen LogP contribution in [0.4, 0.5) is 0 Å². The van der Waals surface area contributed by atoms with E-state index in [1.165, 1.54) is 89.9 Å². The number of quaternary nitrogens is 1. The van der Waals surface area contributed by atoms with Crippen LogP contribution in [0, 0.1) is 0 Å². The number of ether oxygens (including phenoxy) is 1. The van der Waals surface area contributed by atoms with Gasteiger partial charge in [0.1, 0.15) is 19.3 Å². The first-order valence-electron chi connectivity index (χ1n) is 29.6. The number of unbranched alkanes of at least 4 members (excludes halogenated alkanes) is 24. The minimum atomic E-state index is -4.46. The Morgan fingerprint density at radius 3 is 1.45 bits per heavy atom. The molecule has 3 atom stereocenters. The second-order valence-corrected chi connectivity index (χ2v) is 22.3. The molecule has 0 spiro atoms. The van der Waals surface area contributed by atoms with E-state index in [0.29, 0.717) is 17.4 Å². The van der Waals surface area contributed by atoms with Crippen molar-refractivity contribution in [3.05, 3.63) is 97.2 Å². The van der Waals surface area contributed by atoms with Crippen molar-refractivity contribution in [3.8, 4) is 0 Å². The molecule has 9 nitrogen and oxygen atoms in total. The fraction of sp³-hybridized carbons (Fsp3) is 0.714. The summed E-state index contributed by atoms with van der Waals surface area (Å²) in [5.41, 5.74) is 0. The first-order valence-corrected chi connectivity index (χ1v) is 31.1. The summed E-state index contributed by atoms with van der Waals surface area (Å²) in [5.74, 6) is -0.546. The number of esters is 1. The largest absolute Gasteiger partial charge is 0.472 e. The van der Waals surface area contributed by atoms with Crippen LogP contribution < -0.4 is 5.32 Å². The molecule has 3 unspecified atom stereocenters. The fourth-order valence-electron chi connectivity index (χ4n) is 7.98. The molecular formula is C63H112N2O7P+. The van der Waals surface area contributed by atoms with Gasteiger partial charge in [0.25, 0.3) is 0 Å². The summed E-state index contributed by atoms with van der Waals surface area (Å²) in [6, 6.07) is -0.868. The zero-order valence-electron chi connectivity index (χ0n) is 47.8. The van der Waals surface area contributed by atoms with Gasteiger partial charge in [-0.1, -0.05) is 227 Å². The van der Waals surface area contributed by atoms with Gasteiger partial charge in [0.15, 0.2) is 0 Å². The Morgan fingerprint density at radius 2 is 0.932 bits per heavy atom. The molecule has 0 aromatic heterocycles. The Hall–Kier alpha value is -3.07. The molecule has 0 saturated carbocycles. The second-order valence-electron chi connectivity index (χ2n) is 20.8. The number of carbonyl (C=O) groups is 2. The first-order chi connectivity index (χ1) is 35.4. The molecule has 1 amide bonds. The summed E-state index contributed by atoms with van der Waals surface area (Å²) < 4.78 is 30.6. The summed E-state index contributed by atoms with van der Waals surface area (Å²) >= 11 is 0. The highest BCUT2D eigenvalue weighted by Crippen LogP contribution is 2.43. The van der Waals surface area contributed by atoms with Crippen molar-refractivity contribution in [3.63, 3.8) is 0 Å². The van der Waals surface area contributed by atoms with Crippen molar-refractivity contribution in [2.75, 3.05) is 40.9 Å². The minimum Gasteiger partial charge on any atom is -0.456 e. The third kappa shape index (κ3) is 53.6. The lowest BCUT2D eigenvalue weighted by Crippen LogP contribution is -2.47. The van der Waals surface area contributed by atoms with E-state index in [0.717, 1.165) is 116 Å². The van der Waals surface area contributed by atoms with Crippen LogP contribution in [0.2, 0.25) is 0 Å². The average molecular weight is 1040 g/mol. The maximum Gasteiger partial charge on any atom is 0.472 e. The van der Waals surface area contributed by atoms with Crippen LogP contribution in [0.15, 0.2) is 97.2 Å². The minimum absolute atomic E-state index is 0.0293. The van der Waals surface area contributed by atoms with Crippen LogP contribution >= 0.6 is 7.82 Å². The number of nitrogens with one attached hydrogen (secondary N) is 1. The number of likely N-dealkylation sites (N-methyl/N-ethyl adjacent to an activating group) is 1. The fourth-order valence-corrected chi connectivity index (χ4v) is 8.72. The molecule has 10 heteroatoms. The van der Waals surface area contributed by atoms with Gasteiger partial charge in [-0.05, 0) is 96.0 Å². The number of carbonyl (C=O) groups excluding carboxylic acids is 2. The van der Waals surface area contributed by atoms with Crippen LogP contribution in [-0.4, -0.2) is 74.3 Å². The maximum absolute atomic E-state index is 13.5. The Labute approximate surface area is 449 Å². The lowest BCUT2D eigenvalue weighted by molar-refractivity contribution is -0.870. The first kappa shape index (κ1) is 69.9. The normalized spacial score (nSPS) is 14.5. The predicted molar refractivity (Wildman–Crippen MR) is 314 cm³/mol. The van der Waals surface area contributed by atoms with Gasteiger partial charge in [0, 0.05) is 12.8 Å². The molecule has 0 fully saturated rings. The van der Waals surface area contributed by atoms with E-state index in [2.05, 4.69) is 111 Å². The molecular weight excluding hydrogens is 928 g/mol. The number of phosphoric acid groups is 1. The van der Waals surface area contributed by atoms with Gasteiger partial charge in [-0.2, -0.15) is 0 Å². The zero-order chi connectivity index (χ0) is 53.6. The molecule has 0 saturated heterocycles. The van der Waals surface area contributed by atoms with Gasteiger partial charge < -0.3 is 19.4 Å². The predicted octanol–water partition coefficient (Wildman–Crippen LogP) is 18.0. The molecule has 0 aliphatic heterocycles. The van der Waals surface area contributed by atoms with Crippen molar-refractivity contribution in [1.29, 1.82) is 0 Å².